The Morgan fingerprint density at radius 2 is 2.50 bits per heavy atom. The number of rotatable bonds is 4. The lowest BCUT2D eigenvalue weighted by Crippen LogP contribution is -2.48. The summed E-state index contributed by atoms with van der Waals surface area (Å²) in [6, 6.07) is 1.79. The fraction of sp³-hybridized carbons (Fsp3) is 0.667. The maximum atomic E-state index is 12.1. The third-order valence-corrected chi connectivity index (χ3v) is 3.26. The first-order valence-corrected chi connectivity index (χ1v) is 6.36. The van der Waals surface area contributed by atoms with Gasteiger partial charge in [-0.25, -0.2) is 4.79 Å². The standard InChI is InChI=1S/C12H19N3O3/c16-7-4-11-3-1-2-6-15(11)12(17)13-9-10-5-8-18-14-10/h5,8,11,16H,1-4,6-7,9H2,(H,13,17). The molecule has 100 valence electrons. The molecular formula is C12H19N3O3. The van der Waals surface area contributed by atoms with Crippen molar-refractivity contribution in [2.75, 3.05) is 13.2 Å². The van der Waals surface area contributed by atoms with Gasteiger partial charge in [0.2, 0.25) is 0 Å². The number of urea groups is 1. The second-order valence-electron chi connectivity index (χ2n) is 4.50. The van der Waals surface area contributed by atoms with Gasteiger partial charge in [0.15, 0.2) is 0 Å². The van der Waals surface area contributed by atoms with Crippen LogP contribution in [0.25, 0.3) is 0 Å². The van der Waals surface area contributed by atoms with Gasteiger partial charge >= 0.3 is 6.03 Å². The van der Waals surface area contributed by atoms with Crippen molar-refractivity contribution < 1.29 is 14.4 Å². The summed E-state index contributed by atoms with van der Waals surface area (Å²) in [6.45, 7) is 1.25. The Morgan fingerprint density at radius 1 is 1.61 bits per heavy atom. The average molecular weight is 253 g/mol. The van der Waals surface area contributed by atoms with Crippen LogP contribution in [-0.2, 0) is 6.54 Å². The summed E-state index contributed by atoms with van der Waals surface area (Å²) >= 11 is 0. The molecule has 2 heterocycles. The summed E-state index contributed by atoms with van der Waals surface area (Å²) in [6.07, 6.45) is 5.25. The Labute approximate surface area is 106 Å². The number of carbonyl (C=O) groups excluding carboxylic acids is 1. The van der Waals surface area contributed by atoms with E-state index in [4.69, 9.17) is 9.63 Å². The number of carbonyl (C=O) groups is 1. The molecule has 1 fully saturated rings. The highest BCUT2D eigenvalue weighted by molar-refractivity contribution is 5.74. The second kappa shape index (κ2) is 6.39. The molecule has 0 radical (unpaired) electrons. The molecule has 2 rings (SSSR count). The third kappa shape index (κ3) is 3.22. The quantitative estimate of drug-likeness (QED) is 0.842. The fourth-order valence-electron chi connectivity index (χ4n) is 2.31. The normalized spacial score (nSPS) is 19.8. The van der Waals surface area contributed by atoms with Crippen LogP contribution in [-0.4, -0.2) is 40.4 Å². The Hall–Kier alpha value is -1.56. The van der Waals surface area contributed by atoms with Gasteiger partial charge in [-0.2, -0.15) is 0 Å². The fourth-order valence-corrected chi connectivity index (χ4v) is 2.31. The van der Waals surface area contributed by atoms with Crippen molar-refractivity contribution in [2.24, 2.45) is 0 Å². The van der Waals surface area contributed by atoms with Crippen molar-refractivity contribution in [2.45, 2.75) is 38.3 Å². The van der Waals surface area contributed by atoms with Gasteiger partial charge in [-0.3, -0.25) is 0 Å². The van der Waals surface area contributed by atoms with E-state index >= 15 is 0 Å². The van der Waals surface area contributed by atoms with Gasteiger partial charge in [0.1, 0.15) is 12.0 Å². The van der Waals surface area contributed by atoms with Gasteiger partial charge in [-0.15, -0.1) is 0 Å². The topological polar surface area (TPSA) is 78.6 Å². The summed E-state index contributed by atoms with van der Waals surface area (Å²) in [4.78, 5) is 13.9. The van der Waals surface area contributed by atoms with Gasteiger partial charge in [0.25, 0.3) is 0 Å². The molecule has 0 bridgehead atoms. The third-order valence-electron chi connectivity index (χ3n) is 3.26. The van der Waals surface area contributed by atoms with E-state index in [1.54, 1.807) is 6.07 Å². The molecule has 1 saturated heterocycles. The van der Waals surface area contributed by atoms with Gasteiger partial charge in [0.05, 0.1) is 6.54 Å². The van der Waals surface area contributed by atoms with E-state index in [0.717, 1.165) is 25.8 Å². The van der Waals surface area contributed by atoms with Crippen LogP contribution in [0.2, 0.25) is 0 Å². The summed E-state index contributed by atoms with van der Waals surface area (Å²) in [5, 5.41) is 15.6. The molecule has 6 heteroatoms. The number of aliphatic hydroxyl groups excluding tert-OH is 1. The van der Waals surface area contributed by atoms with E-state index < -0.39 is 0 Å². The van der Waals surface area contributed by atoms with Crippen LogP contribution >= 0.6 is 0 Å². The molecular weight excluding hydrogens is 234 g/mol. The number of hydrogen-bond acceptors (Lipinski definition) is 4. The minimum Gasteiger partial charge on any atom is -0.396 e. The number of aliphatic hydroxyl groups is 1. The Balaban J connectivity index is 1.85. The second-order valence-corrected chi connectivity index (χ2v) is 4.50. The van der Waals surface area contributed by atoms with E-state index in [1.165, 1.54) is 6.26 Å². The molecule has 1 aliphatic heterocycles. The number of nitrogens with one attached hydrogen (secondary N) is 1. The summed E-state index contributed by atoms with van der Waals surface area (Å²) < 4.78 is 4.70. The number of likely N-dealkylation sites (tertiary alicyclic amines) is 1. The summed E-state index contributed by atoms with van der Waals surface area (Å²) in [5.41, 5.74) is 0.707. The minimum absolute atomic E-state index is 0.0869. The van der Waals surface area contributed by atoms with E-state index in [-0.39, 0.29) is 18.7 Å². The molecule has 1 aliphatic rings. The lowest BCUT2D eigenvalue weighted by atomic mass is 10.0. The highest BCUT2D eigenvalue weighted by Gasteiger charge is 2.25. The van der Waals surface area contributed by atoms with Crippen LogP contribution in [0, 0.1) is 0 Å². The molecule has 2 amide bonds. The Bertz CT molecular complexity index is 365. The number of hydrogen-bond donors (Lipinski definition) is 2. The van der Waals surface area contributed by atoms with Crippen molar-refractivity contribution in [3.8, 4) is 0 Å². The number of aromatic nitrogens is 1. The molecule has 0 aliphatic carbocycles. The van der Waals surface area contributed by atoms with Crippen molar-refractivity contribution in [1.82, 2.24) is 15.4 Å². The molecule has 0 saturated carbocycles. The average Bonchev–Trinajstić information content (AvgIpc) is 2.90. The highest BCUT2D eigenvalue weighted by Crippen LogP contribution is 2.19. The van der Waals surface area contributed by atoms with Gasteiger partial charge in [-0.05, 0) is 25.7 Å². The Kier molecular flexibility index (Phi) is 4.58. The predicted octanol–water partition coefficient (Wildman–Crippen LogP) is 1.12. The van der Waals surface area contributed by atoms with Crippen molar-refractivity contribution >= 4 is 6.03 Å². The largest absolute Gasteiger partial charge is 0.396 e. The number of piperidine rings is 1. The van der Waals surface area contributed by atoms with E-state index in [1.807, 2.05) is 4.90 Å². The first kappa shape index (κ1) is 12.9. The van der Waals surface area contributed by atoms with Crippen LogP contribution < -0.4 is 5.32 Å². The Morgan fingerprint density at radius 3 is 3.22 bits per heavy atom. The molecule has 0 spiro atoms. The van der Waals surface area contributed by atoms with Crippen LogP contribution in [0.15, 0.2) is 16.9 Å². The predicted molar refractivity (Wildman–Crippen MR) is 64.8 cm³/mol. The lowest BCUT2D eigenvalue weighted by Gasteiger charge is -2.35. The van der Waals surface area contributed by atoms with Crippen molar-refractivity contribution in [1.29, 1.82) is 0 Å². The maximum absolute atomic E-state index is 12.1. The lowest BCUT2D eigenvalue weighted by molar-refractivity contribution is 0.131. The summed E-state index contributed by atoms with van der Waals surface area (Å²) in [5.74, 6) is 0. The van der Waals surface area contributed by atoms with Crippen molar-refractivity contribution in [3.05, 3.63) is 18.0 Å². The molecule has 1 unspecified atom stereocenters. The molecule has 1 aromatic rings. The van der Waals surface area contributed by atoms with Gasteiger partial charge < -0.3 is 19.8 Å². The SMILES string of the molecule is O=C(NCc1ccon1)N1CCCCC1CCO. The molecule has 2 N–H and O–H groups in total. The van der Waals surface area contributed by atoms with Crippen molar-refractivity contribution in [3.63, 3.8) is 0 Å². The molecule has 6 nitrogen and oxygen atoms in total. The zero-order chi connectivity index (χ0) is 12.8. The van der Waals surface area contributed by atoms with Crippen LogP contribution in [0.1, 0.15) is 31.4 Å². The molecule has 0 aromatic carbocycles. The smallest absolute Gasteiger partial charge is 0.317 e. The zero-order valence-electron chi connectivity index (χ0n) is 10.3. The van der Waals surface area contributed by atoms with Gasteiger partial charge in [0, 0.05) is 25.3 Å². The number of nitrogens with zero attached hydrogens (tertiary/aromatic N) is 2. The van der Waals surface area contributed by atoms with Crippen LogP contribution in [0.5, 0.6) is 0 Å². The first-order valence-electron chi connectivity index (χ1n) is 6.36. The zero-order valence-corrected chi connectivity index (χ0v) is 10.3. The summed E-state index contributed by atoms with van der Waals surface area (Å²) in [7, 11) is 0. The minimum atomic E-state index is -0.0869. The van der Waals surface area contributed by atoms with Crippen LogP contribution in [0.3, 0.4) is 0 Å². The van der Waals surface area contributed by atoms with Crippen LogP contribution in [0.4, 0.5) is 4.79 Å². The monoisotopic (exact) mass is 253 g/mol. The first-order chi connectivity index (χ1) is 8.81. The molecule has 1 aromatic heterocycles. The van der Waals surface area contributed by atoms with Gasteiger partial charge in [-0.1, -0.05) is 5.16 Å². The number of amides is 2. The van der Waals surface area contributed by atoms with E-state index in [2.05, 4.69) is 10.5 Å². The van der Waals surface area contributed by atoms with E-state index in [9.17, 15) is 4.79 Å². The van der Waals surface area contributed by atoms with E-state index in [0.29, 0.717) is 18.7 Å². The highest BCUT2D eigenvalue weighted by atomic mass is 16.5. The molecule has 1 atom stereocenters. The maximum Gasteiger partial charge on any atom is 0.317 e. The molecule has 18 heavy (non-hydrogen) atoms.